The summed E-state index contributed by atoms with van der Waals surface area (Å²) in [5.74, 6) is 1.03. The van der Waals surface area contributed by atoms with Crippen LogP contribution in [-0.4, -0.2) is 17.3 Å². The number of phenols is 2. The van der Waals surface area contributed by atoms with Gasteiger partial charge in [0.2, 0.25) is 0 Å². The van der Waals surface area contributed by atoms with Gasteiger partial charge in [0, 0.05) is 5.56 Å². The molecule has 0 radical (unpaired) electrons. The molecule has 0 aliphatic rings. The highest BCUT2D eigenvalue weighted by Crippen LogP contribution is 2.29. The van der Waals surface area contributed by atoms with Crippen molar-refractivity contribution < 1.29 is 14.9 Å². The second kappa shape index (κ2) is 9.29. The van der Waals surface area contributed by atoms with Crippen LogP contribution in [-0.2, 0) is 12.8 Å². The Balaban J connectivity index is 0.000000224. The maximum atomic E-state index is 9.36. The maximum Gasteiger partial charge on any atom is 0.163 e. The van der Waals surface area contributed by atoms with Crippen LogP contribution in [0.5, 0.6) is 17.2 Å². The van der Waals surface area contributed by atoms with E-state index in [0.717, 1.165) is 12.0 Å². The van der Waals surface area contributed by atoms with E-state index in [4.69, 9.17) is 9.84 Å². The Hall–Kier alpha value is -2.68. The van der Waals surface area contributed by atoms with Gasteiger partial charge in [-0.2, -0.15) is 0 Å². The molecule has 0 bridgehead atoms. The fourth-order valence-electron chi connectivity index (χ4n) is 1.92. The Morgan fingerprint density at radius 1 is 0.955 bits per heavy atom. The number of methoxy groups -OCH3 is 1. The second-order valence-electron chi connectivity index (χ2n) is 4.62. The zero-order valence-corrected chi connectivity index (χ0v) is 12.8. The number of rotatable bonds is 5. The molecule has 0 aliphatic heterocycles. The molecule has 2 N–H and O–H groups in total. The summed E-state index contributed by atoms with van der Waals surface area (Å²) < 4.78 is 5.03. The van der Waals surface area contributed by atoms with Crippen molar-refractivity contribution >= 4 is 0 Å². The van der Waals surface area contributed by atoms with Gasteiger partial charge in [-0.15, -0.1) is 13.2 Å². The van der Waals surface area contributed by atoms with E-state index in [2.05, 4.69) is 13.2 Å². The molecule has 0 fully saturated rings. The van der Waals surface area contributed by atoms with Crippen molar-refractivity contribution in [3.05, 3.63) is 78.9 Å². The molecule has 3 heteroatoms. The fourth-order valence-corrected chi connectivity index (χ4v) is 1.92. The third-order valence-electron chi connectivity index (χ3n) is 2.96. The summed E-state index contributed by atoms with van der Waals surface area (Å²) in [4.78, 5) is 0. The molecular formula is C19H22O3. The number of ether oxygens (including phenoxy) is 1. The van der Waals surface area contributed by atoms with Gasteiger partial charge < -0.3 is 14.9 Å². The monoisotopic (exact) mass is 298 g/mol. The van der Waals surface area contributed by atoms with E-state index >= 15 is 0 Å². The lowest BCUT2D eigenvalue weighted by atomic mass is 10.1. The lowest BCUT2D eigenvalue weighted by molar-refractivity contribution is 0.370. The standard InChI is InChI=1S/C10H12O2.C9H10O/c1-3-5-8-6-4-7-9(11)10(8)12-2;1-2-3-8-4-6-9(10)7-5-8/h3-4,6-7,11H,1,5H2,2H3;2,4-7,10H,1,3H2. The van der Waals surface area contributed by atoms with Crippen LogP contribution in [0.25, 0.3) is 0 Å². The van der Waals surface area contributed by atoms with Crippen molar-refractivity contribution in [2.24, 2.45) is 0 Å². The van der Waals surface area contributed by atoms with Crippen molar-refractivity contribution in [1.82, 2.24) is 0 Å². The van der Waals surface area contributed by atoms with Crippen molar-refractivity contribution in [3.8, 4) is 17.2 Å². The first-order chi connectivity index (χ1) is 10.6. The minimum Gasteiger partial charge on any atom is -0.508 e. The summed E-state index contributed by atoms with van der Waals surface area (Å²) in [6.45, 7) is 7.24. The molecule has 0 heterocycles. The Labute approximate surface area is 131 Å². The van der Waals surface area contributed by atoms with Gasteiger partial charge in [-0.1, -0.05) is 36.4 Å². The number of hydrogen-bond acceptors (Lipinski definition) is 3. The molecule has 0 atom stereocenters. The highest BCUT2D eigenvalue weighted by Gasteiger charge is 2.05. The number of allylic oxidation sites excluding steroid dienone is 2. The molecule has 3 nitrogen and oxygen atoms in total. The van der Waals surface area contributed by atoms with Gasteiger partial charge in [0.05, 0.1) is 7.11 Å². The SMILES string of the molecule is C=CCc1ccc(O)cc1.C=CCc1cccc(O)c1OC. The molecule has 116 valence electrons. The highest BCUT2D eigenvalue weighted by atomic mass is 16.5. The van der Waals surface area contributed by atoms with Gasteiger partial charge in [-0.25, -0.2) is 0 Å². The van der Waals surface area contributed by atoms with Crippen LogP contribution in [0, 0.1) is 0 Å². The summed E-state index contributed by atoms with van der Waals surface area (Å²) in [5.41, 5.74) is 2.13. The average molecular weight is 298 g/mol. The lowest BCUT2D eigenvalue weighted by Crippen LogP contribution is -1.90. The van der Waals surface area contributed by atoms with E-state index in [9.17, 15) is 5.11 Å². The summed E-state index contributed by atoms with van der Waals surface area (Å²) in [7, 11) is 1.54. The Morgan fingerprint density at radius 2 is 1.59 bits per heavy atom. The molecule has 2 rings (SSSR count). The third-order valence-corrected chi connectivity index (χ3v) is 2.96. The third kappa shape index (κ3) is 5.37. The van der Waals surface area contributed by atoms with Crippen LogP contribution >= 0.6 is 0 Å². The Bertz CT molecular complexity index is 601. The van der Waals surface area contributed by atoms with Crippen molar-refractivity contribution in [2.75, 3.05) is 7.11 Å². The van der Waals surface area contributed by atoms with E-state index in [0.29, 0.717) is 17.9 Å². The molecule has 22 heavy (non-hydrogen) atoms. The van der Waals surface area contributed by atoms with Gasteiger partial charge in [0.25, 0.3) is 0 Å². The van der Waals surface area contributed by atoms with Crippen molar-refractivity contribution in [3.63, 3.8) is 0 Å². The zero-order chi connectivity index (χ0) is 16.4. The first kappa shape index (κ1) is 17.4. The zero-order valence-electron chi connectivity index (χ0n) is 12.8. The summed E-state index contributed by atoms with van der Waals surface area (Å²) in [6.07, 6.45) is 5.18. The van der Waals surface area contributed by atoms with Crippen LogP contribution in [0.2, 0.25) is 0 Å². The van der Waals surface area contributed by atoms with E-state index in [1.807, 2.05) is 24.3 Å². The van der Waals surface area contributed by atoms with Crippen LogP contribution in [0.4, 0.5) is 0 Å². The topological polar surface area (TPSA) is 49.7 Å². The average Bonchev–Trinajstić information content (AvgIpc) is 2.51. The van der Waals surface area contributed by atoms with Crippen molar-refractivity contribution in [2.45, 2.75) is 12.8 Å². The number of aromatic hydroxyl groups is 2. The van der Waals surface area contributed by atoms with Gasteiger partial charge in [-0.05, 0) is 36.6 Å². The lowest BCUT2D eigenvalue weighted by Gasteiger charge is -2.07. The second-order valence-corrected chi connectivity index (χ2v) is 4.62. The first-order valence-corrected chi connectivity index (χ1v) is 6.97. The molecule has 0 amide bonds. The molecule has 0 aliphatic carbocycles. The summed E-state index contributed by atoms with van der Waals surface area (Å²) in [5, 5.41) is 18.3. The van der Waals surface area contributed by atoms with Gasteiger partial charge in [-0.3, -0.25) is 0 Å². The molecule has 0 saturated heterocycles. The van der Waals surface area contributed by atoms with E-state index in [1.54, 1.807) is 37.5 Å². The van der Waals surface area contributed by atoms with Crippen LogP contribution in [0.15, 0.2) is 67.8 Å². The van der Waals surface area contributed by atoms with Crippen LogP contribution < -0.4 is 4.74 Å². The van der Waals surface area contributed by atoms with E-state index < -0.39 is 0 Å². The number of para-hydroxylation sites is 1. The molecular weight excluding hydrogens is 276 g/mol. The minimum atomic E-state index is 0.178. The van der Waals surface area contributed by atoms with Gasteiger partial charge in [0.1, 0.15) is 5.75 Å². The van der Waals surface area contributed by atoms with E-state index in [1.165, 1.54) is 5.56 Å². The molecule has 2 aromatic rings. The van der Waals surface area contributed by atoms with Crippen LogP contribution in [0.3, 0.4) is 0 Å². The van der Waals surface area contributed by atoms with Crippen LogP contribution in [0.1, 0.15) is 11.1 Å². The molecule has 0 spiro atoms. The summed E-state index contributed by atoms with van der Waals surface area (Å²) >= 11 is 0. The Morgan fingerprint density at radius 3 is 2.14 bits per heavy atom. The van der Waals surface area contributed by atoms with Gasteiger partial charge >= 0.3 is 0 Å². The minimum absolute atomic E-state index is 0.178. The largest absolute Gasteiger partial charge is 0.508 e. The molecule has 0 saturated carbocycles. The quantitative estimate of drug-likeness (QED) is 0.811. The normalized spacial score (nSPS) is 9.32. The number of benzene rings is 2. The van der Waals surface area contributed by atoms with E-state index in [-0.39, 0.29) is 5.75 Å². The number of hydrogen-bond donors (Lipinski definition) is 2. The predicted molar refractivity (Wildman–Crippen MR) is 90.6 cm³/mol. The molecule has 2 aromatic carbocycles. The number of phenolic OH excluding ortho intramolecular Hbond substituents is 2. The van der Waals surface area contributed by atoms with Crippen molar-refractivity contribution in [1.29, 1.82) is 0 Å². The highest BCUT2D eigenvalue weighted by molar-refractivity contribution is 5.46. The fraction of sp³-hybridized carbons (Fsp3) is 0.158. The van der Waals surface area contributed by atoms with Gasteiger partial charge in [0.15, 0.2) is 11.5 Å². The predicted octanol–water partition coefficient (Wildman–Crippen LogP) is 4.25. The summed E-state index contributed by atoms with van der Waals surface area (Å²) in [6, 6.07) is 12.4. The smallest absolute Gasteiger partial charge is 0.163 e. The molecule has 0 unspecified atom stereocenters. The maximum absolute atomic E-state index is 9.36. The first-order valence-electron chi connectivity index (χ1n) is 6.97. The molecule has 0 aromatic heterocycles. The Kier molecular flexibility index (Phi) is 7.34.